The summed E-state index contributed by atoms with van der Waals surface area (Å²) in [6.07, 6.45) is 4.64. The third kappa shape index (κ3) is 6.86. The van der Waals surface area contributed by atoms with E-state index >= 15 is 0 Å². The Kier molecular flexibility index (Phi) is 9.01. The van der Waals surface area contributed by atoms with E-state index in [2.05, 4.69) is 5.32 Å². The molecular weight excluding hydrogens is 516 g/mol. The molecule has 0 radical (unpaired) electrons. The molecule has 0 aliphatic heterocycles. The fourth-order valence-electron chi connectivity index (χ4n) is 4.08. The van der Waals surface area contributed by atoms with E-state index in [1.165, 1.54) is 23.1 Å². The summed E-state index contributed by atoms with van der Waals surface area (Å²) in [5.41, 5.74) is 0.156. The third-order valence-corrected chi connectivity index (χ3v) is 7.89. The van der Waals surface area contributed by atoms with E-state index in [-0.39, 0.29) is 24.2 Å². The smallest absolute Gasteiger partial charge is 0.244 e. The Morgan fingerprint density at radius 3 is 2.26 bits per heavy atom. The number of halogens is 3. The van der Waals surface area contributed by atoms with Crippen LogP contribution in [-0.2, 0) is 26.2 Å². The second-order valence-electron chi connectivity index (χ2n) is 8.61. The van der Waals surface area contributed by atoms with E-state index < -0.39 is 34.3 Å². The Morgan fingerprint density at radius 1 is 1.09 bits per heavy atom. The van der Waals surface area contributed by atoms with E-state index in [9.17, 15) is 22.4 Å². The molecule has 11 heteroatoms. The van der Waals surface area contributed by atoms with Crippen LogP contribution in [0, 0.1) is 5.82 Å². The molecule has 35 heavy (non-hydrogen) atoms. The average molecular weight is 544 g/mol. The number of rotatable bonds is 9. The molecule has 2 aromatic carbocycles. The Balaban J connectivity index is 1.93. The normalized spacial score (nSPS) is 15.0. The van der Waals surface area contributed by atoms with Gasteiger partial charge in [-0.15, -0.1) is 0 Å². The fraction of sp³-hybridized carbons (Fsp3) is 0.417. The van der Waals surface area contributed by atoms with Crippen LogP contribution in [0.2, 0.25) is 10.0 Å². The summed E-state index contributed by atoms with van der Waals surface area (Å²) in [6.45, 7) is 0.717. The second-order valence-corrected chi connectivity index (χ2v) is 11.3. The number of sulfonamides is 1. The van der Waals surface area contributed by atoms with Crippen LogP contribution < -0.4 is 9.62 Å². The lowest BCUT2D eigenvalue weighted by Crippen LogP contribution is -2.52. The van der Waals surface area contributed by atoms with Gasteiger partial charge in [-0.3, -0.25) is 13.9 Å². The monoisotopic (exact) mass is 543 g/mol. The van der Waals surface area contributed by atoms with Gasteiger partial charge in [-0.1, -0.05) is 54.2 Å². The van der Waals surface area contributed by atoms with Crippen molar-refractivity contribution < 1.29 is 22.4 Å². The van der Waals surface area contributed by atoms with Crippen molar-refractivity contribution >= 4 is 50.7 Å². The zero-order valence-corrected chi connectivity index (χ0v) is 21.8. The number of hydrogen-bond donors (Lipinski definition) is 1. The summed E-state index contributed by atoms with van der Waals surface area (Å²) in [4.78, 5) is 27.8. The van der Waals surface area contributed by atoms with E-state index in [0.717, 1.165) is 38.0 Å². The molecule has 1 N–H and O–H groups in total. The Labute approximate surface area is 215 Å². The van der Waals surface area contributed by atoms with E-state index in [1.54, 1.807) is 25.1 Å². The highest BCUT2D eigenvalue weighted by atomic mass is 35.5. The van der Waals surface area contributed by atoms with Crippen LogP contribution in [0.1, 0.15) is 38.2 Å². The quantitative estimate of drug-likeness (QED) is 0.508. The topological polar surface area (TPSA) is 86.8 Å². The van der Waals surface area contributed by atoms with Gasteiger partial charge in [-0.05, 0) is 44.0 Å². The SMILES string of the molecule is C[C@H](C(=O)NC1CCCC1)N(Cc1c(Cl)cccc1Cl)C(=O)CN(c1ccccc1F)S(C)(=O)=O. The maximum absolute atomic E-state index is 14.5. The van der Waals surface area contributed by atoms with Crippen molar-refractivity contribution in [2.45, 2.75) is 51.2 Å². The Morgan fingerprint density at radius 2 is 1.69 bits per heavy atom. The molecule has 0 bridgehead atoms. The molecule has 1 saturated carbocycles. The maximum Gasteiger partial charge on any atom is 0.244 e. The number of anilines is 1. The van der Waals surface area contributed by atoms with Gasteiger partial charge in [0.25, 0.3) is 0 Å². The van der Waals surface area contributed by atoms with Crippen LogP contribution in [0.3, 0.4) is 0 Å². The van der Waals surface area contributed by atoms with Gasteiger partial charge in [-0.2, -0.15) is 0 Å². The lowest BCUT2D eigenvalue weighted by Gasteiger charge is -2.32. The highest BCUT2D eigenvalue weighted by molar-refractivity contribution is 7.92. The van der Waals surface area contributed by atoms with Crippen molar-refractivity contribution in [2.24, 2.45) is 0 Å². The van der Waals surface area contributed by atoms with Crippen molar-refractivity contribution in [3.8, 4) is 0 Å². The second kappa shape index (κ2) is 11.6. The lowest BCUT2D eigenvalue weighted by atomic mass is 10.1. The minimum absolute atomic E-state index is 0.0248. The van der Waals surface area contributed by atoms with Gasteiger partial charge in [-0.25, -0.2) is 12.8 Å². The molecule has 0 aromatic heterocycles. The Bertz CT molecular complexity index is 1170. The molecule has 0 saturated heterocycles. The minimum Gasteiger partial charge on any atom is -0.352 e. The predicted octanol–water partition coefficient (Wildman–Crippen LogP) is 4.37. The molecule has 2 amide bonds. The highest BCUT2D eigenvalue weighted by Crippen LogP contribution is 2.28. The van der Waals surface area contributed by atoms with Crippen molar-refractivity contribution in [3.05, 3.63) is 63.9 Å². The maximum atomic E-state index is 14.5. The standard InChI is InChI=1S/C24H28Cl2FN3O4S/c1-16(24(32)28-17-8-3-4-9-17)29(14-18-19(25)10-7-11-20(18)26)23(31)15-30(35(2,33)34)22-13-6-5-12-21(22)27/h5-7,10-13,16-17H,3-4,8-9,14-15H2,1-2H3,(H,28,32)/t16-/m1/s1. The fourth-order valence-corrected chi connectivity index (χ4v) is 5.44. The number of para-hydroxylation sites is 1. The lowest BCUT2D eigenvalue weighted by molar-refractivity contribution is -0.139. The molecule has 3 rings (SSSR count). The molecule has 1 aliphatic rings. The first-order valence-electron chi connectivity index (χ1n) is 11.2. The molecule has 190 valence electrons. The van der Waals surface area contributed by atoms with E-state index in [0.29, 0.717) is 19.9 Å². The zero-order valence-electron chi connectivity index (χ0n) is 19.5. The van der Waals surface area contributed by atoms with Gasteiger partial charge in [0, 0.05) is 28.2 Å². The van der Waals surface area contributed by atoms with Gasteiger partial charge < -0.3 is 10.2 Å². The largest absolute Gasteiger partial charge is 0.352 e. The summed E-state index contributed by atoms with van der Waals surface area (Å²) in [6, 6.07) is 9.21. The third-order valence-electron chi connectivity index (χ3n) is 6.06. The first kappa shape index (κ1) is 27.2. The predicted molar refractivity (Wildman–Crippen MR) is 135 cm³/mol. The Hall–Kier alpha value is -2.36. The van der Waals surface area contributed by atoms with E-state index in [1.807, 2.05) is 0 Å². The molecule has 2 aromatic rings. The van der Waals surface area contributed by atoms with Crippen molar-refractivity contribution in [1.82, 2.24) is 10.2 Å². The van der Waals surface area contributed by atoms with Crippen molar-refractivity contribution in [1.29, 1.82) is 0 Å². The number of nitrogens with zero attached hydrogens (tertiary/aromatic N) is 2. The van der Waals surface area contributed by atoms with Gasteiger partial charge in [0.1, 0.15) is 18.4 Å². The van der Waals surface area contributed by atoms with Crippen LogP contribution in [0.4, 0.5) is 10.1 Å². The first-order chi connectivity index (χ1) is 16.5. The minimum atomic E-state index is -4.03. The molecule has 1 atom stereocenters. The molecule has 0 unspecified atom stereocenters. The molecule has 0 heterocycles. The van der Waals surface area contributed by atoms with Gasteiger partial charge >= 0.3 is 0 Å². The average Bonchev–Trinajstić information content (AvgIpc) is 3.29. The van der Waals surface area contributed by atoms with Crippen LogP contribution >= 0.6 is 23.2 Å². The van der Waals surface area contributed by atoms with Crippen molar-refractivity contribution in [3.63, 3.8) is 0 Å². The number of hydrogen-bond acceptors (Lipinski definition) is 4. The van der Waals surface area contributed by atoms with Gasteiger partial charge in [0.05, 0.1) is 11.9 Å². The molecule has 0 spiro atoms. The number of carbonyl (C=O) groups excluding carboxylic acids is 2. The summed E-state index contributed by atoms with van der Waals surface area (Å²) in [7, 11) is -4.03. The number of carbonyl (C=O) groups is 2. The molecule has 1 fully saturated rings. The summed E-state index contributed by atoms with van der Waals surface area (Å²) in [5, 5.41) is 3.56. The van der Waals surface area contributed by atoms with Crippen LogP contribution in [0.15, 0.2) is 42.5 Å². The van der Waals surface area contributed by atoms with Crippen LogP contribution in [0.25, 0.3) is 0 Å². The molecular formula is C24H28Cl2FN3O4S. The van der Waals surface area contributed by atoms with Gasteiger partial charge in [0.15, 0.2) is 0 Å². The van der Waals surface area contributed by atoms with Crippen molar-refractivity contribution in [2.75, 3.05) is 17.1 Å². The number of benzene rings is 2. The molecule has 1 aliphatic carbocycles. The molecule has 7 nitrogen and oxygen atoms in total. The zero-order chi connectivity index (χ0) is 25.8. The van der Waals surface area contributed by atoms with E-state index in [4.69, 9.17) is 23.2 Å². The first-order valence-corrected chi connectivity index (χ1v) is 13.8. The summed E-state index contributed by atoms with van der Waals surface area (Å²) < 4.78 is 40.2. The summed E-state index contributed by atoms with van der Waals surface area (Å²) >= 11 is 12.6. The van der Waals surface area contributed by atoms with Crippen LogP contribution in [0.5, 0.6) is 0 Å². The van der Waals surface area contributed by atoms with Gasteiger partial charge in [0.2, 0.25) is 21.8 Å². The number of amides is 2. The highest BCUT2D eigenvalue weighted by Gasteiger charge is 2.32. The summed E-state index contributed by atoms with van der Waals surface area (Å²) in [5.74, 6) is -1.87. The van der Waals surface area contributed by atoms with Crippen LogP contribution in [-0.4, -0.2) is 50.0 Å². The number of nitrogens with one attached hydrogen (secondary N) is 1.